The maximum absolute atomic E-state index is 11.5. The van der Waals surface area contributed by atoms with Crippen LogP contribution in [-0.4, -0.2) is 28.2 Å². The molecule has 0 fully saturated rings. The fourth-order valence-corrected chi connectivity index (χ4v) is 1.51. The number of aliphatic carboxylic acids is 1. The summed E-state index contributed by atoms with van der Waals surface area (Å²) in [5, 5.41) is 11.3. The number of carbonyl (C=O) groups is 2. The summed E-state index contributed by atoms with van der Waals surface area (Å²) in [6.45, 7) is 3.84. The van der Waals surface area contributed by atoms with Crippen LogP contribution in [-0.2, 0) is 16.1 Å². The molecule has 0 aliphatic rings. The number of pyridine rings is 1. The molecule has 0 saturated carbocycles. The van der Waals surface area contributed by atoms with Crippen LogP contribution in [0.4, 0.5) is 4.79 Å². The van der Waals surface area contributed by atoms with Gasteiger partial charge in [-0.2, -0.15) is 0 Å². The predicted octanol–water partition coefficient (Wildman–Crippen LogP) is -1.08. The number of rotatable bonds is 6. The fraction of sp³-hybridized carbons (Fsp3) is 0.462. The van der Waals surface area contributed by atoms with Crippen LogP contribution in [0.1, 0.15) is 27.3 Å². The Hall–Kier alpha value is -1.51. The molecular weight excluding hydrogens is 255 g/mol. The molecule has 0 radical (unpaired) electrons. The van der Waals surface area contributed by atoms with Gasteiger partial charge in [-0.1, -0.05) is 19.9 Å². The largest absolute Gasteiger partial charge is 1.00 e. The molecule has 1 atom stereocenters. The van der Waals surface area contributed by atoms with Crippen molar-refractivity contribution in [2.75, 3.05) is 0 Å². The van der Waals surface area contributed by atoms with E-state index in [0.29, 0.717) is 6.42 Å². The van der Waals surface area contributed by atoms with Crippen molar-refractivity contribution in [1.82, 2.24) is 10.3 Å². The number of alkyl carbamates (subject to hydrolysis) is 1. The molecular formula is C13H19LiN2O4. The zero-order chi connectivity index (χ0) is 14.3. The number of amides is 1. The molecule has 1 aromatic rings. The van der Waals surface area contributed by atoms with Crippen molar-refractivity contribution in [2.24, 2.45) is 5.92 Å². The molecule has 106 valence electrons. The molecule has 2 N–H and O–H groups in total. The number of carboxylic acid groups (broad SMARTS) is 1. The number of hydrogen-bond donors (Lipinski definition) is 2. The van der Waals surface area contributed by atoms with Gasteiger partial charge in [0.05, 0.1) is 0 Å². The van der Waals surface area contributed by atoms with E-state index in [1.54, 1.807) is 24.5 Å². The van der Waals surface area contributed by atoms with Gasteiger partial charge in [0.25, 0.3) is 0 Å². The number of carboxylic acids is 1. The topological polar surface area (TPSA) is 88.5 Å². The third-order valence-corrected chi connectivity index (χ3v) is 2.39. The third kappa shape index (κ3) is 7.17. The van der Waals surface area contributed by atoms with E-state index in [1.807, 2.05) is 13.8 Å². The van der Waals surface area contributed by atoms with Gasteiger partial charge in [0.1, 0.15) is 12.6 Å². The van der Waals surface area contributed by atoms with Crippen LogP contribution >= 0.6 is 0 Å². The van der Waals surface area contributed by atoms with E-state index in [1.165, 1.54) is 0 Å². The minimum absolute atomic E-state index is 0. The first-order chi connectivity index (χ1) is 8.99. The third-order valence-electron chi connectivity index (χ3n) is 2.39. The number of nitrogens with one attached hydrogen (secondary N) is 1. The molecule has 0 spiro atoms. The summed E-state index contributed by atoms with van der Waals surface area (Å²) < 4.78 is 4.94. The SMILES string of the molecule is CC(C)C[C@H](NC(=O)OCc1cccnc1)C(=O)O.[H-].[Li+]. The molecule has 1 rings (SSSR count). The second kappa shape index (κ2) is 9.40. The van der Waals surface area contributed by atoms with Gasteiger partial charge in [-0.3, -0.25) is 4.98 Å². The Bertz CT molecular complexity index is 431. The van der Waals surface area contributed by atoms with Gasteiger partial charge in [-0.25, -0.2) is 9.59 Å². The average molecular weight is 274 g/mol. The van der Waals surface area contributed by atoms with Crippen molar-refractivity contribution in [1.29, 1.82) is 0 Å². The summed E-state index contributed by atoms with van der Waals surface area (Å²) in [4.78, 5) is 26.3. The van der Waals surface area contributed by atoms with E-state index in [4.69, 9.17) is 9.84 Å². The van der Waals surface area contributed by atoms with E-state index in [-0.39, 0.29) is 32.8 Å². The minimum atomic E-state index is -1.06. The van der Waals surface area contributed by atoms with Crippen LogP contribution in [0.2, 0.25) is 0 Å². The second-order valence-corrected chi connectivity index (χ2v) is 4.60. The van der Waals surface area contributed by atoms with Crippen molar-refractivity contribution in [3.63, 3.8) is 0 Å². The zero-order valence-electron chi connectivity index (χ0n) is 13.0. The molecule has 0 bridgehead atoms. The Morgan fingerprint density at radius 3 is 2.70 bits per heavy atom. The van der Waals surface area contributed by atoms with E-state index in [0.717, 1.165) is 5.56 Å². The summed E-state index contributed by atoms with van der Waals surface area (Å²) in [6.07, 6.45) is 2.82. The average Bonchev–Trinajstić information content (AvgIpc) is 2.36. The molecule has 7 heteroatoms. The molecule has 0 aliphatic carbocycles. The van der Waals surface area contributed by atoms with Crippen LogP contribution < -0.4 is 24.2 Å². The van der Waals surface area contributed by atoms with Crippen LogP contribution in [0.5, 0.6) is 0 Å². The maximum atomic E-state index is 11.5. The normalized spacial score (nSPS) is 11.3. The van der Waals surface area contributed by atoms with Crippen molar-refractivity contribution in [3.8, 4) is 0 Å². The van der Waals surface area contributed by atoms with Gasteiger partial charge in [-0.05, 0) is 18.4 Å². The molecule has 20 heavy (non-hydrogen) atoms. The van der Waals surface area contributed by atoms with Crippen molar-refractivity contribution >= 4 is 12.1 Å². The second-order valence-electron chi connectivity index (χ2n) is 4.60. The van der Waals surface area contributed by atoms with Crippen LogP contribution in [0.3, 0.4) is 0 Å². The van der Waals surface area contributed by atoms with Gasteiger partial charge >= 0.3 is 30.9 Å². The molecule has 0 aromatic carbocycles. The van der Waals surface area contributed by atoms with E-state index >= 15 is 0 Å². The van der Waals surface area contributed by atoms with Gasteiger partial charge < -0.3 is 16.6 Å². The predicted molar refractivity (Wildman–Crippen MR) is 69.5 cm³/mol. The summed E-state index contributed by atoms with van der Waals surface area (Å²) >= 11 is 0. The quantitative estimate of drug-likeness (QED) is 0.644. The molecule has 1 aromatic heterocycles. The number of nitrogens with zero attached hydrogens (tertiary/aromatic N) is 1. The van der Waals surface area contributed by atoms with Crippen LogP contribution in [0.25, 0.3) is 0 Å². The van der Waals surface area contributed by atoms with Gasteiger partial charge in [0.2, 0.25) is 0 Å². The number of ether oxygens (including phenoxy) is 1. The van der Waals surface area contributed by atoms with E-state index < -0.39 is 18.1 Å². The fourth-order valence-electron chi connectivity index (χ4n) is 1.51. The summed E-state index contributed by atoms with van der Waals surface area (Å²) in [7, 11) is 0. The van der Waals surface area contributed by atoms with Gasteiger partial charge in [-0.15, -0.1) is 0 Å². The standard InChI is InChI=1S/C13H18N2O4.Li.H/c1-9(2)6-11(12(16)17)15-13(18)19-8-10-4-3-5-14-7-10;;/h3-5,7,9,11H,6,8H2,1-2H3,(H,15,18)(H,16,17);;/q;+1;-1/t11-;;/m0../s1. The monoisotopic (exact) mass is 274 g/mol. The van der Waals surface area contributed by atoms with Crippen molar-refractivity contribution in [3.05, 3.63) is 30.1 Å². The Kier molecular flexibility index (Phi) is 8.69. The molecule has 1 heterocycles. The van der Waals surface area contributed by atoms with E-state index in [9.17, 15) is 9.59 Å². The first kappa shape index (κ1) is 18.5. The number of hydrogen-bond acceptors (Lipinski definition) is 4. The molecule has 1 amide bonds. The molecule has 0 aliphatic heterocycles. The van der Waals surface area contributed by atoms with Crippen molar-refractivity contribution < 1.29 is 39.7 Å². The maximum Gasteiger partial charge on any atom is 1.00 e. The Morgan fingerprint density at radius 2 is 2.20 bits per heavy atom. The van der Waals surface area contributed by atoms with Crippen LogP contribution in [0.15, 0.2) is 24.5 Å². The van der Waals surface area contributed by atoms with Gasteiger partial charge in [0, 0.05) is 18.0 Å². The smallest absolute Gasteiger partial charge is 1.00 e. The van der Waals surface area contributed by atoms with Crippen LogP contribution in [0, 0.1) is 5.92 Å². The molecule has 0 saturated heterocycles. The number of carbonyl (C=O) groups excluding carboxylic acids is 1. The first-order valence-electron chi connectivity index (χ1n) is 6.04. The molecule has 0 unspecified atom stereocenters. The first-order valence-corrected chi connectivity index (χ1v) is 6.04. The zero-order valence-corrected chi connectivity index (χ0v) is 12.0. The molecule has 6 nitrogen and oxygen atoms in total. The Labute approximate surface area is 131 Å². The Morgan fingerprint density at radius 1 is 1.50 bits per heavy atom. The Balaban J connectivity index is 0. The van der Waals surface area contributed by atoms with E-state index in [2.05, 4.69) is 10.3 Å². The number of aromatic nitrogens is 1. The minimum Gasteiger partial charge on any atom is -1.00 e. The van der Waals surface area contributed by atoms with Gasteiger partial charge in [0.15, 0.2) is 0 Å². The summed E-state index contributed by atoms with van der Waals surface area (Å²) in [6, 6.07) is 2.57. The summed E-state index contributed by atoms with van der Waals surface area (Å²) in [5.41, 5.74) is 0.744. The summed E-state index contributed by atoms with van der Waals surface area (Å²) in [5.74, 6) is -0.897. The van der Waals surface area contributed by atoms with Crippen molar-refractivity contribution in [2.45, 2.75) is 32.9 Å².